The molecule has 0 atom stereocenters. The molecule has 0 heterocycles. The SMILES string of the molecule is COCCCCNC(=O)CCc1ccc(C)cc1. The van der Waals surface area contributed by atoms with Crippen LogP contribution in [0.4, 0.5) is 0 Å². The van der Waals surface area contributed by atoms with Crippen LogP contribution >= 0.6 is 0 Å². The first-order valence-corrected chi connectivity index (χ1v) is 6.53. The Bertz CT molecular complexity index is 346. The molecule has 3 nitrogen and oxygen atoms in total. The molecule has 0 aliphatic heterocycles. The molecule has 0 radical (unpaired) electrons. The fourth-order valence-electron chi connectivity index (χ4n) is 1.70. The van der Waals surface area contributed by atoms with Gasteiger partial charge in [0.2, 0.25) is 5.91 Å². The zero-order valence-corrected chi connectivity index (χ0v) is 11.4. The van der Waals surface area contributed by atoms with Gasteiger partial charge in [-0.3, -0.25) is 4.79 Å². The molecule has 1 amide bonds. The van der Waals surface area contributed by atoms with Crippen LogP contribution in [-0.4, -0.2) is 26.2 Å². The first-order chi connectivity index (χ1) is 8.72. The molecule has 18 heavy (non-hydrogen) atoms. The minimum atomic E-state index is 0.132. The standard InChI is InChI=1S/C15H23NO2/c1-13-5-7-14(8-6-13)9-10-15(17)16-11-3-4-12-18-2/h5-8H,3-4,9-12H2,1-2H3,(H,16,17). The van der Waals surface area contributed by atoms with Gasteiger partial charge in [-0.25, -0.2) is 0 Å². The lowest BCUT2D eigenvalue weighted by molar-refractivity contribution is -0.121. The summed E-state index contributed by atoms with van der Waals surface area (Å²) < 4.78 is 4.95. The molecule has 0 spiro atoms. The molecule has 0 saturated heterocycles. The molecule has 0 bridgehead atoms. The van der Waals surface area contributed by atoms with Crippen molar-refractivity contribution in [3.8, 4) is 0 Å². The van der Waals surface area contributed by atoms with Gasteiger partial charge in [-0.1, -0.05) is 29.8 Å². The molecule has 0 aliphatic rings. The highest BCUT2D eigenvalue weighted by atomic mass is 16.5. The summed E-state index contributed by atoms with van der Waals surface area (Å²) in [7, 11) is 1.69. The van der Waals surface area contributed by atoms with Crippen molar-refractivity contribution < 1.29 is 9.53 Å². The normalized spacial score (nSPS) is 10.3. The van der Waals surface area contributed by atoms with Crippen LogP contribution in [0.25, 0.3) is 0 Å². The van der Waals surface area contributed by atoms with Crippen molar-refractivity contribution in [2.75, 3.05) is 20.3 Å². The number of carbonyl (C=O) groups excluding carboxylic acids is 1. The number of benzene rings is 1. The third kappa shape index (κ3) is 6.40. The van der Waals surface area contributed by atoms with Gasteiger partial charge in [-0.05, 0) is 31.7 Å². The molecule has 0 fully saturated rings. The predicted molar refractivity (Wildman–Crippen MR) is 73.6 cm³/mol. The number of methoxy groups -OCH3 is 1. The molecular formula is C15H23NO2. The second kappa shape index (κ2) is 8.70. The first-order valence-electron chi connectivity index (χ1n) is 6.53. The highest BCUT2D eigenvalue weighted by molar-refractivity contribution is 5.76. The van der Waals surface area contributed by atoms with Gasteiger partial charge in [0.25, 0.3) is 0 Å². The van der Waals surface area contributed by atoms with Crippen LogP contribution in [0.1, 0.15) is 30.4 Å². The Morgan fingerprint density at radius 1 is 1.22 bits per heavy atom. The zero-order chi connectivity index (χ0) is 13.2. The number of unbranched alkanes of at least 4 members (excludes halogenated alkanes) is 1. The van der Waals surface area contributed by atoms with Gasteiger partial charge in [-0.15, -0.1) is 0 Å². The Balaban J connectivity index is 2.11. The van der Waals surface area contributed by atoms with Crippen molar-refractivity contribution in [3.63, 3.8) is 0 Å². The van der Waals surface area contributed by atoms with Crippen molar-refractivity contribution in [1.29, 1.82) is 0 Å². The third-order valence-electron chi connectivity index (χ3n) is 2.86. The maximum absolute atomic E-state index is 11.6. The summed E-state index contributed by atoms with van der Waals surface area (Å²) in [5, 5.41) is 2.93. The number of aryl methyl sites for hydroxylation is 2. The Morgan fingerprint density at radius 2 is 1.94 bits per heavy atom. The first kappa shape index (κ1) is 14.7. The van der Waals surface area contributed by atoms with Crippen LogP contribution in [0.15, 0.2) is 24.3 Å². The Hall–Kier alpha value is -1.35. The minimum absolute atomic E-state index is 0.132. The molecule has 0 saturated carbocycles. The highest BCUT2D eigenvalue weighted by Gasteiger charge is 2.01. The van der Waals surface area contributed by atoms with Crippen molar-refractivity contribution >= 4 is 5.91 Å². The summed E-state index contributed by atoms with van der Waals surface area (Å²) in [6.07, 6.45) is 3.34. The fraction of sp³-hybridized carbons (Fsp3) is 0.533. The molecule has 0 unspecified atom stereocenters. The third-order valence-corrected chi connectivity index (χ3v) is 2.86. The molecule has 1 rings (SSSR count). The lowest BCUT2D eigenvalue weighted by Gasteiger charge is -2.05. The van der Waals surface area contributed by atoms with E-state index >= 15 is 0 Å². The van der Waals surface area contributed by atoms with E-state index in [2.05, 4.69) is 36.5 Å². The summed E-state index contributed by atoms with van der Waals surface area (Å²) in [6.45, 7) is 3.58. The number of nitrogens with one attached hydrogen (secondary N) is 1. The van der Waals surface area contributed by atoms with Crippen LogP contribution in [0, 0.1) is 6.92 Å². The lowest BCUT2D eigenvalue weighted by atomic mass is 10.1. The van der Waals surface area contributed by atoms with Crippen LogP contribution in [0.5, 0.6) is 0 Å². The van der Waals surface area contributed by atoms with Gasteiger partial charge in [0, 0.05) is 26.7 Å². The number of hydrogen-bond acceptors (Lipinski definition) is 2. The number of carbonyl (C=O) groups is 1. The van der Waals surface area contributed by atoms with Gasteiger partial charge >= 0.3 is 0 Å². The smallest absolute Gasteiger partial charge is 0.220 e. The monoisotopic (exact) mass is 249 g/mol. The van der Waals surface area contributed by atoms with Gasteiger partial charge in [0.05, 0.1) is 0 Å². The van der Waals surface area contributed by atoms with Crippen LogP contribution < -0.4 is 5.32 Å². The average Bonchev–Trinajstić information content (AvgIpc) is 2.38. The van der Waals surface area contributed by atoms with E-state index < -0.39 is 0 Å². The summed E-state index contributed by atoms with van der Waals surface area (Å²) in [4.78, 5) is 11.6. The van der Waals surface area contributed by atoms with Crippen LogP contribution in [-0.2, 0) is 16.0 Å². The number of ether oxygens (including phenoxy) is 1. The fourth-order valence-corrected chi connectivity index (χ4v) is 1.70. The number of rotatable bonds is 8. The highest BCUT2D eigenvalue weighted by Crippen LogP contribution is 2.05. The lowest BCUT2D eigenvalue weighted by Crippen LogP contribution is -2.24. The molecule has 1 aromatic rings. The van der Waals surface area contributed by atoms with Crippen LogP contribution in [0.3, 0.4) is 0 Å². The van der Waals surface area contributed by atoms with Crippen molar-refractivity contribution in [2.24, 2.45) is 0 Å². The van der Waals surface area contributed by atoms with E-state index in [0.29, 0.717) is 6.42 Å². The maximum atomic E-state index is 11.6. The molecule has 1 aromatic carbocycles. The molecule has 100 valence electrons. The second-order valence-corrected chi connectivity index (χ2v) is 4.54. The molecule has 1 N–H and O–H groups in total. The summed E-state index contributed by atoms with van der Waals surface area (Å²) in [5.74, 6) is 0.132. The summed E-state index contributed by atoms with van der Waals surface area (Å²) >= 11 is 0. The van der Waals surface area contributed by atoms with E-state index in [-0.39, 0.29) is 5.91 Å². The summed E-state index contributed by atoms with van der Waals surface area (Å²) in [6, 6.07) is 8.33. The number of amides is 1. The van der Waals surface area contributed by atoms with Crippen LogP contribution in [0.2, 0.25) is 0 Å². The van der Waals surface area contributed by atoms with E-state index in [0.717, 1.165) is 32.4 Å². The molecular weight excluding hydrogens is 226 g/mol. The molecule has 3 heteroatoms. The van der Waals surface area contributed by atoms with Crippen molar-refractivity contribution in [3.05, 3.63) is 35.4 Å². The Morgan fingerprint density at radius 3 is 2.61 bits per heavy atom. The Labute approximate surface area is 110 Å². The van der Waals surface area contributed by atoms with E-state index in [9.17, 15) is 4.79 Å². The van der Waals surface area contributed by atoms with Gasteiger partial charge in [0.15, 0.2) is 0 Å². The maximum Gasteiger partial charge on any atom is 0.220 e. The topological polar surface area (TPSA) is 38.3 Å². The second-order valence-electron chi connectivity index (χ2n) is 4.54. The summed E-state index contributed by atoms with van der Waals surface area (Å²) in [5.41, 5.74) is 2.47. The molecule has 0 aromatic heterocycles. The van der Waals surface area contributed by atoms with Gasteiger partial charge in [-0.2, -0.15) is 0 Å². The van der Waals surface area contributed by atoms with Gasteiger partial charge in [0.1, 0.15) is 0 Å². The van der Waals surface area contributed by atoms with E-state index in [1.807, 2.05) is 0 Å². The van der Waals surface area contributed by atoms with E-state index in [1.54, 1.807) is 7.11 Å². The predicted octanol–water partition coefficient (Wildman–Crippen LogP) is 2.47. The van der Waals surface area contributed by atoms with E-state index in [4.69, 9.17) is 4.74 Å². The van der Waals surface area contributed by atoms with Crippen molar-refractivity contribution in [2.45, 2.75) is 32.6 Å². The van der Waals surface area contributed by atoms with E-state index in [1.165, 1.54) is 11.1 Å². The number of hydrogen-bond donors (Lipinski definition) is 1. The Kier molecular flexibility index (Phi) is 7.11. The average molecular weight is 249 g/mol. The van der Waals surface area contributed by atoms with Gasteiger partial charge < -0.3 is 10.1 Å². The quantitative estimate of drug-likeness (QED) is 0.719. The largest absolute Gasteiger partial charge is 0.385 e. The molecule has 0 aliphatic carbocycles. The zero-order valence-electron chi connectivity index (χ0n) is 11.4. The van der Waals surface area contributed by atoms with Crippen molar-refractivity contribution in [1.82, 2.24) is 5.32 Å². The minimum Gasteiger partial charge on any atom is -0.385 e.